The monoisotopic (exact) mass is 351 g/mol. The highest BCUT2D eigenvalue weighted by Gasteiger charge is 2.33. The van der Waals surface area contributed by atoms with Crippen LogP contribution in [0.15, 0.2) is 30.5 Å². The lowest BCUT2D eigenvalue weighted by molar-refractivity contribution is 0.0742. The summed E-state index contributed by atoms with van der Waals surface area (Å²) < 4.78 is 11.6. The van der Waals surface area contributed by atoms with Gasteiger partial charge in [-0.15, -0.1) is 0 Å². The van der Waals surface area contributed by atoms with Crippen LogP contribution in [0.1, 0.15) is 21.5 Å². The van der Waals surface area contributed by atoms with Gasteiger partial charge in [-0.05, 0) is 18.2 Å². The molecule has 1 aromatic heterocycles. The predicted molar refractivity (Wildman–Crippen MR) is 97.2 cm³/mol. The van der Waals surface area contributed by atoms with Gasteiger partial charge in [0.25, 0.3) is 5.91 Å². The molecule has 0 atom stereocenters. The minimum atomic E-state index is 0.0752. The lowest BCUT2D eigenvalue weighted by Gasteiger charge is -2.35. The van der Waals surface area contributed by atoms with E-state index >= 15 is 0 Å². The first kappa shape index (κ1) is 15.5. The lowest BCUT2D eigenvalue weighted by Crippen LogP contribution is -2.49. The number of rotatable bonds is 2. The average Bonchev–Trinajstić information content (AvgIpc) is 3.35. The van der Waals surface area contributed by atoms with E-state index in [1.54, 1.807) is 6.20 Å². The van der Waals surface area contributed by atoms with Crippen molar-refractivity contribution in [2.75, 3.05) is 44.3 Å². The summed E-state index contributed by atoms with van der Waals surface area (Å²) in [7, 11) is 0. The molecule has 5 rings (SSSR count). The zero-order valence-corrected chi connectivity index (χ0v) is 14.6. The van der Waals surface area contributed by atoms with E-state index in [-0.39, 0.29) is 5.91 Å². The normalized spacial score (nSPS) is 18.2. The molecular weight excluding hydrogens is 330 g/mol. The standard InChI is InChI=1S/C20H21N3O3/c24-20(23-9-7-22(8-10-23)17-3-1-2-6-21-17)18-15-5-12-25-16(15)13-14-4-11-26-19(14)18/h1-3,6,13H,4-5,7-12H2. The molecule has 6 nitrogen and oxygen atoms in total. The van der Waals surface area contributed by atoms with Crippen molar-refractivity contribution >= 4 is 11.7 Å². The van der Waals surface area contributed by atoms with Gasteiger partial charge in [0.2, 0.25) is 0 Å². The number of anilines is 1. The highest BCUT2D eigenvalue weighted by molar-refractivity contribution is 6.00. The van der Waals surface area contributed by atoms with Crippen molar-refractivity contribution < 1.29 is 14.3 Å². The summed E-state index contributed by atoms with van der Waals surface area (Å²) in [4.78, 5) is 21.9. The third kappa shape index (κ3) is 2.48. The quantitative estimate of drug-likeness (QED) is 0.827. The third-order valence-corrected chi connectivity index (χ3v) is 5.40. The van der Waals surface area contributed by atoms with Gasteiger partial charge >= 0.3 is 0 Å². The summed E-state index contributed by atoms with van der Waals surface area (Å²) in [5.74, 6) is 2.69. The molecular formula is C20H21N3O3. The van der Waals surface area contributed by atoms with Gasteiger partial charge in [-0.25, -0.2) is 4.98 Å². The molecule has 0 aliphatic carbocycles. The Kier molecular flexibility index (Phi) is 3.69. The van der Waals surface area contributed by atoms with E-state index < -0.39 is 0 Å². The van der Waals surface area contributed by atoms with Crippen molar-refractivity contribution in [3.8, 4) is 11.5 Å². The second-order valence-corrected chi connectivity index (χ2v) is 6.88. The van der Waals surface area contributed by atoms with Crippen molar-refractivity contribution in [3.63, 3.8) is 0 Å². The Morgan fingerprint density at radius 3 is 2.69 bits per heavy atom. The first-order chi connectivity index (χ1) is 12.8. The number of benzene rings is 1. The van der Waals surface area contributed by atoms with Crippen molar-refractivity contribution in [3.05, 3.63) is 47.2 Å². The number of pyridine rings is 1. The second-order valence-electron chi connectivity index (χ2n) is 6.88. The maximum atomic E-state index is 13.3. The lowest BCUT2D eigenvalue weighted by atomic mass is 9.98. The molecule has 0 bridgehead atoms. The molecule has 0 saturated carbocycles. The van der Waals surface area contributed by atoms with E-state index in [1.807, 2.05) is 23.1 Å². The molecule has 4 heterocycles. The Balaban J connectivity index is 1.39. The zero-order chi connectivity index (χ0) is 17.5. The van der Waals surface area contributed by atoms with Crippen LogP contribution in [0.2, 0.25) is 0 Å². The van der Waals surface area contributed by atoms with Gasteiger partial charge in [0.1, 0.15) is 17.3 Å². The van der Waals surface area contributed by atoms with Gasteiger partial charge in [-0.1, -0.05) is 6.07 Å². The highest BCUT2D eigenvalue weighted by Crippen LogP contribution is 2.41. The fourth-order valence-electron chi connectivity index (χ4n) is 4.05. The minimum Gasteiger partial charge on any atom is -0.493 e. The van der Waals surface area contributed by atoms with Crippen molar-refractivity contribution in [1.82, 2.24) is 9.88 Å². The van der Waals surface area contributed by atoms with Crippen LogP contribution in [-0.4, -0.2) is 55.2 Å². The highest BCUT2D eigenvalue weighted by atomic mass is 16.5. The van der Waals surface area contributed by atoms with Crippen LogP contribution < -0.4 is 14.4 Å². The Morgan fingerprint density at radius 1 is 1.04 bits per heavy atom. The van der Waals surface area contributed by atoms with Crippen molar-refractivity contribution in [1.29, 1.82) is 0 Å². The first-order valence-corrected chi connectivity index (χ1v) is 9.21. The molecule has 2 aromatic rings. The van der Waals surface area contributed by atoms with Crippen LogP contribution in [0.3, 0.4) is 0 Å². The Hall–Kier alpha value is -2.76. The molecule has 1 amide bonds. The van der Waals surface area contributed by atoms with Crippen LogP contribution in [0.25, 0.3) is 0 Å². The summed E-state index contributed by atoms with van der Waals surface area (Å²) in [5.41, 5.74) is 2.85. The molecule has 134 valence electrons. The number of fused-ring (bicyclic) bond motifs is 2. The number of aromatic nitrogens is 1. The van der Waals surface area contributed by atoms with Crippen LogP contribution in [0, 0.1) is 0 Å². The van der Waals surface area contributed by atoms with E-state index in [4.69, 9.17) is 9.47 Å². The number of piperazine rings is 1. The number of hydrogen-bond acceptors (Lipinski definition) is 5. The fraction of sp³-hybridized carbons (Fsp3) is 0.400. The first-order valence-electron chi connectivity index (χ1n) is 9.21. The average molecular weight is 351 g/mol. The van der Waals surface area contributed by atoms with Crippen LogP contribution in [0.5, 0.6) is 11.5 Å². The van der Waals surface area contributed by atoms with E-state index in [9.17, 15) is 4.79 Å². The molecule has 0 N–H and O–H groups in total. The van der Waals surface area contributed by atoms with E-state index in [0.717, 1.165) is 59.9 Å². The smallest absolute Gasteiger partial charge is 0.258 e. The van der Waals surface area contributed by atoms with Gasteiger partial charge in [-0.3, -0.25) is 4.79 Å². The molecule has 3 aliphatic heterocycles. The molecule has 1 fully saturated rings. The molecule has 0 spiro atoms. The van der Waals surface area contributed by atoms with Crippen LogP contribution in [0.4, 0.5) is 5.82 Å². The van der Waals surface area contributed by atoms with Gasteiger partial charge in [0, 0.05) is 56.3 Å². The number of nitrogens with zero attached hydrogens (tertiary/aromatic N) is 3. The van der Waals surface area contributed by atoms with Gasteiger partial charge < -0.3 is 19.3 Å². The molecule has 1 saturated heterocycles. The number of hydrogen-bond donors (Lipinski definition) is 0. The minimum absolute atomic E-state index is 0.0752. The predicted octanol–water partition coefficient (Wildman–Crippen LogP) is 1.91. The van der Waals surface area contributed by atoms with Gasteiger partial charge in [-0.2, -0.15) is 0 Å². The van der Waals surface area contributed by atoms with Crippen LogP contribution in [-0.2, 0) is 12.8 Å². The maximum Gasteiger partial charge on any atom is 0.258 e. The van der Waals surface area contributed by atoms with Crippen LogP contribution >= 0.6 is 0 Å². The van der Waals surface area contributed by atoms with E-state index in [1.165, 1.54) is 0 Å². The number of carbonyl (C=O) groups excluding carboxylic acids is 1. The van der Waals surface area contributed by atoms with Gasteiger partial charge in [0.05, 0.1) is 18.8 Å². The number of ether oxygens (including phenoxy) is 2. The third-order valence-electron chi connectivity index (χ3n) is 5.40. The summed E-state index contributed by atoms with van der Waals surface area (Å²) in [6.45, 7) is 4.25. The largest absolute Gasteiger partial charge is 0.493 e. The molecule has 26 heavy (non-hydrogen) atoms. The number of amides is 1. The van der Waals surface area contributed by atoms with Gasteiger partial charge in [0.15, 0.2) is 0 Å². The Morgan fingerprint density at radius 2 is 1.88 bits per heavy atom. The van der Waals surface area contributed by atoms with E-state index in [2.05, 4.69) is 16.0 Å². The summed E-state index contributed by atoms with van der Waals surface area (Å²) in [5, 5.41) is 0. The SMILES string of the molecule is O=C(c1c2c(cc3c1OCC3)OCC2)N1CCN(c2ccccn2)CC1. The zero-order valence-electron chi connectivity index (χ0n) is 14.6. The molecule has 1 aromatic carbocycles. The molecule has 3 aliphatic rings. The van der Waals surface area contributed by atoms with Crippen molar-refractivity contribution in [2.45, 2.75) is 12.8 Å². The molecule has 0 unspecified atom stereocenters. The number of carbonyl (C=O) groups is 1. The van der Waals surface area contributed by atoms with E-state index in [0.29, 0.717) is 26.3 Å². The van der Waals surface area contributed by atoms with Crippen molar-refractivity contribution in [2.24, 2.45) is 0 Å². The summed E-state index contributed by atoms with van der Waals surface area (Å²) >= 11 is 0. The maximum absolute atomic E-state index is 13.3. The Labute approximate surface area is 152 Å². The Bertz CT molecular complexity index is 813. The fourth-order valence-corrected chi connectivity index (χ4v) is 4.05. The second kappa shape index (κ2) is 6.20. The molecule has 6 heteroatoms. The topological polar surface area (TPSA) is 54.9 Å². The summed E-state index contributed by atoms with van der Waals surface area (Å²) in [6.07, 6.45) is 3.43. The summed E-state index contributed by atoms with van der Waals surface area (Å²) in [6, 6.07) is 7.98. The molecule has 0 radical (unpaired) electrons.